The van der Waals surface area contributed by atoms with E-state index in [2.05, 4.69) is 26.0 Å². The first-order valence-electron chi connectivity index (χ1n) is 13.0. The maximum Gasteiger partial charge on any atom is 0.416 e. The molecule has 0 aliphatic rings. The Labute approximate surface area is 237 Å². The van der Waals surface area contributed by atoms with E-state index >= 15 is 0 Å². The van der Waals surface area contributed by atoms with Gasteiger partial charge in [-0.2, -0.15) is 18.4 Å². The Hall–Kier alpha value is -5.31. The summed E-state index contributed by atoms with van der Waals surface area (Å²) in [6, 6.07) is 15.8. The molecular formula is C30H24F3N7O2. The van der Waals surface area contributed by atoms with E-state index in [4.69, 9.17) is 0 Å². The fourth-order valence-electron chi connectivity index (χ4n) is 4.68. The molecule has 0 saturated carbocycles. The van der Waals surface area contributed by atoms with Crippen LogP contribution in [0.4, 0.5) is 13.2 Å². The van der Waals surface area contributed by atoms with Crippen LogP contribution in [0.5, 0.6) is 0 Å². The number of carbonyl (C=O) groups excluding carboxylic acids is 1. The minimum Gasteiger partial charge on any atom is -0.347 e. The molecule has 0 fully saturated rings. The second-order valence-corrected chi connectivity index (χ2v) is 9.56. The van der Waals surface area contributed by atoms with Gasteiger partial charge >= 0.3 is 6.18 Å². The van der Waals surface area contributed by atoms with Gasteiger partial charge in [0.25, 0.3) is 5.56 Å². The summed E-state index contributed by atoms with van der Waals surface area (Å²) in [7, 11) is 0. The van der Waals surface area contributed by atoms with E-state index in [1.807, 2.05) is 0 Å². The molecule has 1 amide bonds. The zero-order valence-electron chi connectivity index (χ0n) is 22.3. The van der Waals surface area contributed by atoms with E-state index in [0.717, 1.165) is 12.1 Å². The number of H-pyrrole nitrogens is 1. The minimum absolute atomic E-state index is 0.113. The lowest BCUT2D eigenvalue weighted by Crippen LogP contribution is -2.38. The van der Waals surface area contributed by atoms with Crippen LogP contribution in [0.2, 0.25) is 0 Å². The van der Waals surface area contributed by atoms with Crippen LogP contribution in [0, 0.1) is 11.3 Å². The molecule has 0 unspecified atom stereocenters. The van der Waals surface area contributed by atoms with Gasteiger partial charge in [-0.05, 0) is 61.0 Å². The van der Waals surface area contributed by atoms with Crippen molar-refractivity contribution >= 4 is 16.9 Å². The molecule has 5 aromatic rings. The Morgan fingerprint density at radius 2 is 1.81 bits per heavy atom. The molecule has 0 aliphatic carbocycles. The van der Waals surface area contributed by atoms with Crippen molar-refractivity contribution in [2.45, 2.75) is 32.0 Å². The summed E-state index contributed by atoms with van der Waals surface area (Å²) in [5, 5.41) is 9.51. The lowest BCUT2D eigenvalue weighted by atomic mass is 10.1. The highest BCUT2D eigenvalue weighted by molar-refractivity contribution is 5.79. The van der Waals surface area contributed by atoms with Gasteiger partial charge in [-0.1, -0.05) is 12.1 Å². The molecule has 1 atom stereocenters. The van der Waals surface area contributed by atoms with E-state index in [1.165, 1.54) is 22.9 Å². The van der Waals surface area contributed by atoms with Crippen molar-refractivity contribution in [2.24, 2.45) is 0 Å². The number of nitriles is 1. The summed E-state index contributed by atoms with van der Waals surface area (Å²) in [6.45, 7) is 1.90. The Morgan fingerprint density at radius 1 is 1.07 bits per heavy atom. The quantitative estimate of drug-likeness (QED) is 0.287. The van der Waals surface area contributed by atoms with Gasteiger partial charge in [0, 0.05) is 31.6 Å². The lowest BCUT2D eigenvalue weighted by Gasteiger charge is -2.28. The van der Waals surface area contributed by atoms with Crippen molar-refractivity contribution in [1.29, 1.82) is 5.26 Å². The number of alkyl halides is 3. The van der Waals surface area contributed by atoms with E-state index in [0.29, 0.717) is 33.8 Å². The Morgan fingerprint density at radius 3 is 2.45 bits per heavy atom. The smallest absolute Gasteiger partial charge is 0.347 e. The molecule has 9 nitrogen and oxygen atoms in total. The van der Waals surface area contributed by atoms with Crippen LogP contribution in [-0.2, 0) is 23.8 Å². The van der Waals surface area contributed by atoms with E-state index in [9.17, 15) is 28.0 Å². The van der Waals surface area contributed by atoms with Gasteiger partial charge in [0.1, 0.15) is 11.6 Å². The molecule has 3 heterocycles. The second-order valence-electron chi connectivity index (χ2n) is 9.56. The van der Waals surface area contributed by atoms with Gasteiger partial charge in [-0.3, -0.25) is 14.2 Å². The molecule has 42 heavy (non-hydrogen) atoms. The third-order valence-electron chi connectivity index (χ3n) is 6.88. The number of benzene rings is 2. The number of imidazole rings is 1. The number of amides is 1. The highest BCUT2D eigenvalue weighted by atomic mass is 19.4. The largest absolute Gasteiger partial charge is 0.416 e. The predicted molar refractivity (Wildman–Crippen MR) is 147 cm³/mol. The van der Waals surface area contributed by atoms with Gasteiger partial charge in [0.2, 0.25) is 5.91 Å². The zero-order valence-corrected chi connectivity index (χ0v) is 22.3. The Bertz CT molecular complexity index is 1810. The Kier molecular flexibility index (Phi) is 7.84. The van der Waals surface area contributed by atoms with Crippen molar-refractivity contribution in [3.63, 3.8) is 0 Å². The number of rotatable bonds is 8. The monoisotopic (exact) mass is 571 g/mol. The molecule has 12 heteroatoms. The fraction of sp³-hybridized carbons (Fsp3) is 0.200. The highest BCUT2D eigenvalue weighted by Crippen LogP contribution is 2.29. The highest BCUT2D eigenvalue weighted by Gasteiger charge is 2.30. The minimum atomic E-state index is -4.48. The van der Waals surface area contributed by atoms with Gasteiger partial charge in [0.05, 0.1) is 40.7 Å². The van der Waals surface area contributed by atoms with Crippen LogP contribution in [0.3, 0.4) is 0 Å². The molecule has 212 valence electrons. The first-order chi connectivity index (χ1) is 20.2. The van der Waals surface area contributed by atoms with Crippen molar-refractivity contribution < 1.29 is 18.0 Å². The summed E-state index contributed by atoms with van der Waals surface area (Å²) < 4.78 is 40.5. The summed E-state index contributed by atoms with van der Waals surface area (Å²) in [4.78, 5) is 44.9. The number of nitrogens with one attached hydrogen (secondary N) is 1. The normalized spacial score (nSPS) is 12.2. The van der Waals surface area contributed by atoms with Crippen LogP contribution in [-0.4, -0.2) is 41.9 Å². The SMILES string of the molecule is C[C@H](c1ncc[nH]1)N(CCc1nc2ncccc2c(=O)n1-c1ccc(C#N)cc1)C(=O)Cc1ccc(C(F)(F)F)cc1. The number of hydrogen-bond acceptors (Lipinski definition) is 6. The van der Waals surface area contributed by atoms with Crippen LogP contribution >= 0.6 is 0 Å². The predicted octanol–water partition coefficient (Wildman–Crippen LogP) is 4.77. The number of carbonyl (C=O) groups is 1. The molecule has 2 aromatic carbocycles. The van der Waals surface area contributed by atoms with Gasteiger partial charge in [-0.15, -0.1) is 0 Å². The standard InChI is InChI=1S/C30H24F3N7O2/c1-19(27-36-14-15-37-27)39(26(41)17-20-4-8-22(9-5-20)30(31,32)33)16-12-25-38-28-24(3-2-13-35-28)29(42)40(25)23-10-6-21(18-34)7-11-23/h2-11,13-15,19H,12,16-17H2,1H3,(H,36,37)/t19-/m1/s1. The van der Waals surface area contributed by atoms with Crippen molar-refractivity contribution in [3.05, 3.63) is 118 Å². The van der Waals surface area contributed by atoms with Crippen LogP contribution < -0.4 is 5.56 Å². The number of fused-ring (bicyclic) bond motifs is 1. The summed E-state index contributed by atoms with van der Waals surface area (Å²) in [6.07, 6.45) is 0.245. The fourth-order valence-corrected chi connectivity index (χ4v) is 4.68. The number of aromatic nitrogens is 5. The van der Waals surface area contributed by atoms with Crippen LogP contribution in [0.1, 0.15) is 41.3 Å². The molecule has 0 saturated heterocycles. The zero-order chi connectivity index (χ0) is 29.9. The maximum atomic E-state index is 13.6. The van der Waals surface area contributed by atoms with Gasteiger partial charge in [0.15, 0.2) is 5.65 Å². The molecule has 0 bridgehead atoms. The summed E-state index contributed by atoms with van der Waals surface area (Å²) >= 11 is 0. The summed E-state index contributed by atoms with van der Waals surface area (Å²) in [5.41, 5.74) is 0.451. The van der Waals surface area contributed by atoms with E-state index < -0.39 is 17.8 Å². The second kappa shape index (κ2) is 11.7. The van der Waals surface area contributed by atoms with Gasteiger partial charge in [-0.25, -0.2) is 15.0 Å². The number of aromatic amines is 1. The lowest BCUT2D eigenvalue weighted by molar-refractivity contribution is -0.137. The van der Waals surface area contributed by atoms with Crippen molar-refractivity contribution in [1.82, 2.24) is 29.4 Å². The first kappa shape index (κ1) is 28.2. The van der Waals surface area contributed by atoms with Crippen LogP contribution in [0.15, 0.2) is 84.0 Å². The number of hydrogen-bond donors (Lipinski definition) is 1. The number of pyridine rings is 1. The molecule has 0 radical (unpaired) electrons. The van der Waals surface area contributed by atoms with Crippen molar-refractivity contribution in [3.8, 4) is 11.8 Å². The molecule has 1 N–H and O–H groups in total. The molecule has 0 spiro atoms. The number of nitrogens with zero attached hydrogens (tertiary/aromatic N) is 6. The topological polar surface area (TPSA) is 121 Å². The van der Waals surface area contributed by atoms with Crippen LogP contribution in [0.25, 0.3) is 16.7 Å². The third-order valence-corrected chi connectivity index (χ3v) is 6.88. The molecule has 3 aromatic heterocycles. The number of halogens is 3. The molecule has 0 aliphatic heterocycles. The summed E-state index contributed by atoms with van der Waals surface area (Å²) in [5.74, 6) is 0.521. The Balaban J connectivity index is 1.49. The first-order valence-corrected chi connectivity index (χ1v) is 13.0. The average Bonchev–Trinajstić information content (AvgIpc) is 3.53. The molecule has 5 rings (SSSR count). The molecular weight excluding hydrogens is 547 g/mol. The van der Waals surface area contributed by atoms with Gasteiger partial charge < -0.3 is 9.88 Å². The maximum absolute atomic E-state index is 13.6. The van der Waals surface area contributed by atoms with E-state index in [-0.39, 0.29) is 36.5 Å². The third kappa shape index (κ3) is 5.90. The average molecular weight is 572 g/mol. The van der Waals surface area contributed by atoms with E-state index in [1.54, 1.807) is 60.6 Å². The van der Waals surface area contributed by atoms with Crippen molar-refractivity contribution in [2.75, 3.05) is 6.54 Å².